The number of hydrogen-bond donors (Lipinski definition) is 2. The Morgan fingerprint density at radius 2 is 1.84 bits per heavy atom. The van der Waals surface area contributed by atoms with E-state index in [-0.39, 0.29) is 5.56 Å². The zero-order chi connectivity index (χ0) is 22.4. The zero-order valence-corrected chi connectivity index (χ0v) is 17.6. The first kappa shape index (κ1) is 21.9. The predicted molar refractivity (Wildman–Crippen MR) is 113 cm³/mol. The quantitative estimate of drug-likeness (QED) is 0.510. The normalized spacial score (nSPS) is 11.7. The van der Waals surface area contributed by atoms with Gasteiger partial charge in [-0.15, -0.1) is 0 Å². The molecule has 10 nitrogen and oxygen atoms in total. The number of nitrogens with zero attached hydrogens (tertiary/aromatic N) is 4. The number of rotatable bonds is 10. The molecule has 0 aliphatic heterocycles. The zero-order valence-electron chi connectivity index (χ0n) is 17.6. The third-order valence-corrected chi connectivity index (χ3v) is 4.46. The predicted octanol–water partition coefficient (Wildman–Crippen LogP) is 2.82. The first-order chi connectivity index (χ1) is 14.9. The van der Waals surface area contributed by atoms with Gasteiger partial charge in [0.25, 0.3) is 5.91 Å². The third-order valence-electron chi connectivity index (χ3n) is 4.46. The van der Waals surface area contributed by atoms with Gasteiger partial charge >= 0.3 is 5.97 Å². The average Bonchev–Trinajstić information content (AvgIpc) is 3.39. The van der Waals surface area contributed by atoms with Gasteiger partial charge in [0.05, 0.1) is 43.4 Å². The summed E-state index contributed by atoms with van der Waals surface area (Å²) in [5, 5.41) is 20.0. The van der Waals surface area contributed by atoms with Crippen LogP contribution in [0.2, 0.25) is 0 Å². The Balaban J connectivity index is 1.66. The highest BCUT2D eigenvalue weighted by Gasteiger charge is 2.17. The van der Waals surface area contributed by atoms with E-state index in [1.165, 1.54) is 24.0 Å². The van der Waals surface area contributed by atoms with Crippen molar-refractivity contribution in [3.8, 4) is 11.5 Å². The summed E-state index contributed by atoms with van der Waals surface area (Å²) >= 11 is 0. The second-order valence-electron chi connectivity index (χ2n) is 6.75. The average molecular weight is 427 g/mol. The van der Waals surface area contributed by atoms with Crippen molar-refractivity contribution < 1.29 is 24.2 Å². The number of anilines is 1. The molecule has 0 spiro atoms. The van der Waals surface area contributed by atoms with Crippen LogP contribution in [0.4, 0.5) is 5.69 Å². The number of carbonyl (C=O) groups is 2. The first-order valence-electron chi connectivity index (χ1n) is 9.90. The van der Waals surface area contributed by atoms with Gasteiger partial charge in [-0.2, -0.15) is 10.2 Å². The third kappa shape index (κ3) is 5.41. The number of nitrogens with one attached hydrogen (secondary N) is 1. The van der Waals surface area contributed by atoms with Crippen molar-refractivity contribution in [2.45, 2.75) is 33.4 Å². The van der Waals surface area contributed by atoms with Crippen molar-refractivity contribution in [1.29, 1.82) is 0 Å². The topological polar surface area (TPSA) is 121 Å². The van der Waals surface area contributed by atoms with Gasteiger partial charge in [-0.05, 0) is 38.5 Å². The lowest BCUT2D eigenvalue weighted by Gasteiger charge is -2.12. The van der Waals surface area contributed by atoms with Gasteiger partial charge in [0.2, 0.25) is 0 Å². The van der Waals surface area contributed by atoms with Gasteiger partial charge < -0.3 is 19.9 Å². The molecule has 2 heterocycles. The summed E-state index contributed by atoms with van der Waals surface area (Å²) in [5.41, 5.74) is 1.74. The van der Waals surface area contributed by atoms with Gasteiger partial charge in [0.1, 0.15) is 6.04 Å². The lowest BCUT2D eigenvalue weighted by Crippen LogP contribution is -2.16. The Labute approximate surface area is 179 Å². The van der Waals surface area contributed by atoms with E-state index in [2.05, 4.69) is 15.5 Å². The summed E-state index contributed by atoms with van der Waals surface area (Å²) in [7, 11) is 0. The minimum atomic E-state index is -1.03. The molecule has 1 amide bonds. The Kier molecular flexibility index (Phi) is 6.91. The molecular weight excluding hydrogens is 402 g/mol. The molecule has 164 valence electrons. The summed E-state index contributed by atoms with van der Waals surface area (Å²) in [6.45, 7) is 6.88. The molecule has 0 fully saturated rings. The van der Waals surface area contributed by atoms with Crippen LogP contribution in [-0.2, 0) is 11.3 Å². The van der Waals surface area contributed by atoms with E-state index in [9.17, 15) is 9.59 Å². The molecule has 1 aromatic carbocycles. The number of aliphatic carboxylic acids is 1. The van der Waals surface area contributed by atoms with Crippen LogP contribution in [0.15, 0.2) is 43.0 Å². The van der Waals surface area contributed by atoms with Crippen LogP contribution >= 0.6 is 0 Å². The van der Waals surface area contributed by atoms with Crippen molar-refractivity contribution in [3.63, 3.8) is 0 Å². The summed E-state index contributed by atoms with van der Waals surface area (Å²) in [6.07, 6.45) is 5.97. The first-order valence-corrected chi connectivity index (χ1v) is 9.90. The van der Waals surface area contributed by atoms with E-state index in [0.717, 1.165) is 5.56 Å². The standard InChI is InChI=1S/C21H25N5O5/c1-4-30-18-7-6-15(8-19(18)31-5-2)11-25-13-17(10-22-25)24-20(27)16-9-23-26(12-16)14(3)21(28)29/h6-10,12-14H,4-5,11H2,1-3H3,(H,24,27)(H,28,29). The Hall–Kier alpha value is -3.82. The van der Waals surface area contributed by atoms with Gasteiger partial charge in [-0.3, -0.25) is 14.2 Å². The molecule has 0 bridgehead atoms. The Morgan fingerprint density at radius 1 is 1.10 bits per heavy atom. The molecule has 0 saturated carbocycles. The molecule has 0 saturated heterocycles. The number of benzene rings is 1. The molecule has 1 atom stereocenters. The molecule has 1 unspecified atom stereocenters. The number of carboxylic acid groups (broad SMARTS) is 1. The fourth-order valence-corrected chi connectivity index (χ4v) is 2.88. The van der Waals surface area contributed by atoms with Gasteiger partial charge in [-0.1, -0.05) is 6.07 Å². The molecule has 2 aromatic heterocycles. The van der Waals surface area contributed by atoms with Gasteiger partial charge in [-0.25, -0.2) is 4.79 Å². The Bertz CT molecular complexity index is 1060. The molecule has 10 heteroatoms. The van der Waals surface area contributed by atoms with Crippen LogP contribution in [-0.4, -0.2) is 49.8 Å². The van der Waals surface area contributed by atoms with Crippen molar-refractivity contribution in [1.82, 2.24) is 19.6 Å². The molecule has 0 aliphatic carbocycles. The maximum atomic E-state index is 12.4. The Morgan fingerprint density at radius 3 is 2.55 bits per heavy atom. The van der Waals surface area contributed by atoms with Crippen LogP contribution < -0.4 is 14.8 Å². The summed E-state index contributed by atoms with van der Waals surface area (Å²) < 4.78 is 14.1. The smallest absolute Gasteiger partial charge is 0.328 e. The maximum absolute atomic E-state index is 12.4. The van der Waals surface area contributed by atoms with Crippen LogP contribution in [0.3, 0.4) is 0 Å². The van der Waals surface area contributed by atoms with Crippen LogP contribution in [0.1, 0.15) is 42.7 Å². The van der Waals surface area contributed by atoms with Crippen molar-refractivity contribution in [2.24, 2.45) is 0 Å². The highest BCUT2D eigenvalue weighted by molar-refractivity contribution is 6.03. The highest BCUT2D eigenvalue weighted by atomic mass is 16.5. The SMILES string of the molecule is CCOc1ccc(Cn2cc(NC(=O)c3cnn(C(C)C(=O)O)c3)cn2)cc1OCC. The van der Waals surface area contributed by atoms with Crippen LogP contribution in [0.5, 0.6) is 11.5 Å². The monoisotopic (exact) mass is 427 g/mol. The van der Waals surface area contributed by atoms with E-state index in [1.54, 1.807) is 17.1 Å². The van der Waals surface area contributed by atoms with Crippen molar-refractivity contribution in [2.75, 3.05) is 18.5 Å². The minimum Gasteiger partial charge on any atom is -0.490 e. The summed E-state index contributed by atoms with van der Waals surface area (Å²) in [4.78, 5) is 23.5. The molecule has 0 aliphatic rings. The summed E-state index contributed by atoms with van der Waals surface area (Å²) in [6, 6.07) is 4.85. The highest BCUT2D eigenvalue weighted by Crippen LogP contribution is 2.29. The van der Waals surface area contributed by atoms with Crippen molar-refractivity contribution in [3.05, 3.63) is 54.1 Å². The van der Waals surface area contributed by atoms with E-state index in [1.807, 2.05) is 32.0 Å². The number of hydrogen-bond acceptors (Lipinski definition) is 6. The molecule has 0 radical (unpaired) electrons. The second-order valence-corrected chi connectivity index (χ2v) is 6.75. The number of ether oxygens (including phenoxy) is 2. The van der Waals surface area contributed by atoms with E-state index in [0.29, 0.717) is 36.9 Å². The fraction of sp³-hybridized carbons (Fsp3) is 0.333. The molecule has 2 N–H and O–H groups in total. The van der Waals surface area contributed by atoms with E-state index < -0.39 is 17.9 Å². The molecule has 3 rings (SSSR count). The van der Waals surface area contributed by atoms with Crippen LogP contribution in [0, 0.1) is 0 Å². The minimum absolute atomic E-state index is 0.258. The van der Waals surface area contributed by atoms with E-state index in [4.69, 9.17) is 14.6 Å². The molecular formula is C21H25N5O5. The van der Waals surface area contributed by atoms with E-state index >= 15 is 0 Å². The van der Waals surface area contributed by atoms with Gasteiger partial charge in [0.15, 0.2) is 11.5 Å². The summed E-state index contributed by atoms with van der Waals surface area (Å²) in [5.74, 6) is -0.0596. The molecule has 3 aromatic rings. The maximum Gasteiger partial charge on any atom is 0.328 e. The van der Waals surface area contributed by atoms with Crippen molar-refractivity contribution >= 4 is 17.6 Å². The fourth-order valence-electron chi connectivity index (χ4n) is 2.88. The molecule has 31 heavy (non-hydrogen) atoms. The number of amides is 1. The second kappa shape index (κ2) is 9.79. The number of carbonyl (C=O) groups excluding carboxylic acids is 1. The van der Waals surface area contributed by atoms with Gasteiger partial charge in [0, 0.05) is 12.4 Å². The van der Waals surface area contributed by atoms with Crippen LogP contribution in [0.25, 0.3) is 0 Å². The lowest BCUT2D eigenvalue weighted by molar-refractivity contribution is -0.140. The lowest BCUT2D eigenvalue weighted by atomic mass is 10.2. The number of carboxylic acids is 1. The largest absolute Gasteiger partial charge is 0.490 e. The number of aromatic nitrogens is 4.